The molecule has 0 aliphatic heterocycles. The summed E-state index contributed by atoms with van der Waals surface area (Å²) in [6.07, 6.45) is 0. The third-order valence-electron chi connectivity index (χ3n) is 3.99. The van der Waals surface area contributed by atoms with E-state index in [1.165, 1.54) is 0 Å². The molecule has 24 heavy (non-hydrogen) atoms. The van der Waals surface area contributed by atoms with Crippen molar-refractivity contribution >= 4 is 0 Å². The molecule has 3 nitrogen and oxygen atoms in total. The van der Waals surface area contributed by atoms with Crippen molar-refractivity contribution in [3.8, 4) is 39.5 Å². The van der Waals surface area contributed by atoms with E-state index in [0.29, 0.717) is 0 Å². The lowest BCUT2D eigenvalue weighted by atomic mass is 10.00. The molecular formula is C21H20O3. The molecule has 0 aromatic heterocycles. The van der Waals surface area contributed by atoms with Crippen LogP contribution in [0.1, 0.15) is 0 Å². The highest BCUT2D eigenvalue weighted by atomic mass is 16.5. The lowest BCUT2D eigenvalue weighted by Gasteiger charge is -2.10. The summed E-state index contributed by atoms with van der Waals surface area (Å²) in [5.41, 5.74) is 4.50. The summed E-state index contributed by atoms with van der Waals surface area (Å²) in [6, 6.07) is 22.4. The van der Waals surface area contributed by atoms with E-state index in [4.69, 9.17) is 14.2 Å². The van der Waals surface area contributed by atoms with Crippen LogP contribution in [-0.4, -0.2) is 21.3 Å². The summed E-state index contributed by atoms with van der Waals surface area (Å²) < 4.78 is 15.9. The van der Waals surface area contributed by atoms with Crippen LogP contribution in [0.5, 0.6) is 17.2 Å². The molecule has 3 rings (SSSR count). The molecular weight excluding hydrogens is 300 g/mol. The Morgan fingerprint density at radius 1 is 0.417 bits per heavy atom. The van der Waals surface area contributed by atoms with Gasteiger partial charge in [-0.25, -0.2) is 0 Å². The highest BCUT2D eigenvalue weighted by molar-refractivity contribution is 5.72. The molecule has 0 aliphatic carbocycles. The van der Waals surface area contributed by atoms with Crippen molar-refractivity contribution < 1.29 is 14.2 Å². The Kier molecular flexibility index (Phi) is 4.71. The van der Waals surface area contributed by atoms with Crippen LogP contribution in [-0.2, 0) is 0 Å². The summed E-state index contributed by atoms with van der Waals surface area (Å²) in [4.78, 5) is 0. The number of hydrogen-bond acceptors (Lipinski definition) is 3. The average Bonchev–Trinajstić information content (AvgIpc) is 2.67. The predicted octanol–water partition coefficient (Wildman–Crippen LogP) is 5.05. The van der Waals surface area contributed by atoms with Gasteiger partial charge in [-0.05, 0) is 46.5 Å². The number of ether oxygens (including phenoxy) is 3. The number of rotatable bonds is 5. The Hall–Kier alpha value is -2.94. The number of methoxy groups -OCH3 is 3. The van der Waals surface area contributed by atoms with E-state index >= 15 is 0 Å². The second kappa shape index (κ2) is 7.09. The van der Waals surface area contributed by atoms with Gasteiger partial charge in [-0.2, -0.15) is 0 Å². The molecule has 3 aromatic rings. The molecule has 0 aliphatic rings. The Balaban J connectivity index is 1.91. The molecule has 3 aromatic carbocycles. The third-order valence-corrected chi connectivity index (χ3v) is 3.99. The van der Waals surface area contributed by atoms with Gasteiger partial charge in [0.25, 0.3) is 0 Å². The number of benzene rings is 3. The van der Waals surface area contributed by atoms with Gasteiger partial charge >= 0.3 is 0 Å². The van der Waals surface area contributed by atoms with Gasteiger partial charge in [0.05, 0.1) is 21.3 Å². The van der Waals surface area contributed by atoms with E-state index in [1.54, 1.807) is 21.3 Å². The minimum atomic E-state index is 0.781. The quantitative estimate of drug-likeness (QED) is 0.658. The van der Waals surface area contributed by atoms with Crippen LogP contribution in [0.25, 0.3) is 22.3 Å². The molecule has 0 unspecified atom stereocenters. The van der Waals surface area contributed by atoms with Crippen LogP contribution < -0.4 is 14.2 Å². The van der Waals surface area contributed by atoms with Gasteiger partial charge in [-0.15, -0.1) is 0 Å². The minimum Gasteiger partial charge on any atom is -0.497 e. The van der Waals surface area contributed by atoms with Gasteiger partial charge in [-0.1, -0.05) is 36.4 Å². The van der Waals surface area contributed by atoms with Crippen molar-refractivity contribution in [2.24, 2.45) is 0 Å². The molecule has 0 radical (unpaired) electrons. The maximum atomic E-state index is 5.34. The van der Waals surface area contributed by atoms with Crippen LogP contribution >= 0.6 is 0 Å². The lowest BCUT2D eigenvalue weighted by molar-refractivity contribution is 0.394. The molecule has 122 valence electrons. The van der Waals surface area contributed by atoms with Crippen LogP contribution in [0.4, 0.5) is 0 Å². The Bertz CT molecular complexity index is 783. The SMILES string of the molecule is COc1ccc(-c2ccc(-c3cc(OC)cc(OC)c3)cc2)cc1. The summed E-state index contributed by atoms with van der Waals surface area (Å²) in [5.74, 6) is 2.42. The molecule has 0 bridgehead atoms. The first-order valence-electron chi connectivity index (χ1n) is 7.71. The van der Waals surface area contributed by atoms with Gasteiger partial charge in [0.1, 0.15) is 17.2 Å². The average molecular weight is 320 g/mol. The van der Waals surface area contributed by atoms with Crippen molar-refractivity contribution in [1.29, 1.82) is 0 Å². The summed E-state index contributed by atoms with van der Waals surface area (Å²) in [7, 11) is 4.99. The first kappa shape index (κ1) is 15.9. The molecule has 0 spiro atoms. The summed E-state index contributed by atoms with van der Waals surface area (Å²) in [6.45, 7) is 0. The second-order valence-corrected chi connectivity index (χ2v) is 5.41. The fourth-order valence-corrected chi connectivity index (χ4v) is 2.61. The molecule has 0 atom stereocenters. The fourth-order valence-electron chi connectivity index (χ4n) is 2.61. The Morgan fingerprint density at radius 2 is 0.792 bits per heavy atom. The van der Waals surface area contributed by atoms with Gasteiger partial charge in [-0.3, -0.25) is 0 Å². The van der Waals surface area contributed by atoms with Crippen LogP contribution in [0.15, 0.2) is 66.7 Å². The smallest absolute Gasteiger partial charge is 0.123 e. The zero-order chi connectivity index (χ0) is 16.9. The topological polar surface area (TPSA) is 27.7 Å². The first-order chi connectivity index (χ1) is 11.7. The van der Waals surface area contributed by atoms with Crippen molar-refractivity contribution in [3.63, 3.8) is 0 Å². The number of hydrogen-bond donors (Lipinski definition) is 0. The molecule has 3 heteroatoms. The highest BCUT2D eigenvalue weighted by Crippen LogP contribution is 2.31. The normalized spacial score (nSPS) is 10.3. The first-order valence-corrected chi connectivity index (χ1v) is 7.71. The highest BCUT2D eigenvalue weighted by Gasteiger charge is 2.05. The van der Waals surface area contributed by atoms with Crippen LogP contribution in [0, 0.1) is 0 Å². The van der Waals surface area contributed by atoms with Crippen molar-refractivity contribution in [1.82, 2.24) is 0 Å². The van der Waals surface area contributed by atoms with Crippen molar-refractivity contribution in [3.05, 3.63) is 66.7 Å². The van der Waals surface area contributed by atoms with E-state index in [1.807, 2.05) is 30.3 Å². The minimum absolute atomic E-state index is 0.781. The van der Waals surface area contributed by atoms with Gasteiger partial charge in [0.2, 0.25) is 0 Å². The van der Waals surface area contributed by atoms with Crippen LogP contribution in [0.3, 0.4) is 0 Å². The summed E-state index contributed by atoms with van der Waals surface area (Å²) >= 11 is 0. The van der Waals surface area contributed by atoms with E-state index in [9.17, 15) is 0 Å². The molecule has 0 saturated heterocycles. The lowest BCUT2D eigenvalue weighted by Crippen LogP contribution is -1.89. The molecule has 0 heterocycles. The fraction of sp³-hybridized carbons (Fsp3) is 0.143. The second-order valence-electron chi connectivity index (χ2n) is 5.41. The van der Waals surface area contributed by atoms with Gasteiger partial charge in [0, 0.05) is 6.07 Å². The maximum Gasteiger partial charge on any atom is 0.123 e. The zero-order valence-electron chi connectivity index (χ0n) is 14.1. The standard InChI is InChI=1S/C21H20O3/c1-22-19-10-8-16(9-11-19)15-4-6-17(7-5-15)18-12-20(23-2)14-21(13-18)24-3/h4-14H,1-3H3. The van der Waals surface area contributed by atoms with E-state index in [-0.39, 0.29) is 0 Å². The Labute approximate surface area is 142 Å². The third kappa shape index (κ3) is 3.35. The van der Waals surface area contributed by atoms with Crippen molar-refractivity contribution in [2.45, 2.75) is 0 Å². The molecule has 0 N–H and O–H groups in total. The molecule has 0 fully saturated rings. The van der Waals surface area contributed by atoms with E-state index in [0.717, 1.165) is 39.5 Å². The van der Waals surface area contributed by atoms with Crippen LogP contribution in [0.2, 0.25) is 0 Å². The van der Waals surface area contributed by atoms with Gasteiger partial charge < -0.3 is 14.2 Å². The van der Waals surface area contributed by atoms with Gasteiger partial charge in [0.15, 0.2) is 0 Å². The van der Waals surface area contributed by atoms with E-state index in [2.05, 4.69) is 36.4 Å². The monoisotopic (exact) mass is 320 g/mol. The maximum absolute atomic E-state index is 5.34. The summed E-state index contributed by atoms with van der Waals surface area (Å²) in [5, 5.41) is 0. The molecule has 0 saturated carbocycles. The largest absolute Gasteiger partial charge is 0.497 e. The molecule has 0 amide bonds. The predicted molar refractivity (Wildman–Crippen MR) is 97.0 cm³/mol. The Morgan fingerprint density at radius 3 is 1.21 bits per heavy atom. The van der Waals surface area contributed by atoms with E-state index < -0.39 is 0 Å². The zero-order valence-corrected chi connectivity index (χ0v) is 14.1. The van der Waals surface area contributed by atoms with Crippen molar-refractivity contribution in [2.75, 3.05) is 21.3 Å².